The standard InChI is InChI=1S/C19H22N4O4/c1-26-16-5-3-4-14(10-16)21-17(24)12-22-8-9-23(19(25)13-22)15-6-7-20-18(11-15)27-2/h3-7,10-11H,8-9,12-13H2,1-2H3,(H,21,24). The third-order valence-electron chi connectivity index (χ3n) is 4.26. The maximum Gasteiger partial charge on any atom is 0.241 e. The van der Waals surface area contributed by atoms with Crippen LogP contribution >= 0.6 is 0 Å². The van der Waals surface area contributed by atoms with Crippen molar-refractivity contribution in [2.45, 2.75) is 0 Å². The molecule has 1 aliphatic heterocycles. The highest BCUT2D eigenvalue weighted by atomic mass is 16.5. The second-order valence-corrected chi connectivity index (χ2v) is 6.09. The number of carbonyl (C=O) groups excluding carboxylic acids is 2. The van der Waals surface area contributed by atoms with Gasteiger partial charge in [0.1, 0.15) is 5.75 Å². The summed E-state index contributed by atoms with van der Waals surface area (Å²) in [6, 6.07) is 10.6. The lowest BCUT2D eigenvalue weighted by Gasteiger charge is -2.33. The first kappa shape index (κ1) is 18.7. The maximum atomic E-state index is 12.5. The topological polar surface area (TPSA) is 84.0 Å². The van der Waals surface area contributed by atoms with Crippen LogP contribution in [0, 0.1) is 0 Å². The number of carbonyl (C=O) groups is 2. The summed E-state index contributed by atoms with van der Waals surface area (Å²) in [7, 11) is 3.11. The lowest BCUT2D eigenvalue weighted by Crippen LogP contribution is -2.52. The quantitative estimate of drug-likeness (QED) is 0.827. The van der Waals surface area contributed by atoms with Gasteiger partial charge in [-0.15, -0.1) is 0 Å². The summed E-state index contributed by atoms with van der Waals surface area (Å²) in [5.41, 5.74) is 1.40. The molecule has 0 aliphatic carbocycles. The summed E-state index contributed by atoms with van der Waals surface area (Å²) in [6.45, 7) is 1.42. The van der Waals surface area contributed by atoms with Crippen LogP contribution in [-0.2, 0) is 9.59 Å². The van der Waals surface area contributed by atoms with E-state index in [9.17, 15) is 9.59 Å². The minimum Gasteiger partial charge on any atom is -0.497 e. The molecule has 1 aromatic carbocycles. The average molecular weight is 370 g/mol. The summed E-state index contributed by atoms with van der Waals surface area (Å²) in [5.74, 6) is 0.892. The largest absolute Gasteiger partial charge is 0.497 e. The smallest absolute Gasteiger partial charge is 0.241 e. The van der Waals surface area contributed by atoms with E-state index in [1.807, 2.05) is 11.0 Å². The van der Waals surface area contributed by atoms with Gasteiger partial charge in [0, 0.05) is 37.1 Å². The number of hydrogen-bond donors (Lipinski definition) is 1. The van der Waals surface area contributed by atoms with Crippen molar-refractivity contribution in [1.29, 1.82) is 0 Å². The second kappa shape index (κ2) is 8.50. The Labute approximate surface area is 157 Å². The van der Waals surface area contributed by atoms with Crippen molar-refractivity contribution in [3.05, 3.63) is 42.6 Å². The monoisotopic (exact) mass is 370 g/mol. The van der Waals surface area contributed by atoms with E-state index in [1.165, 1.54) is 7.11 Å². The summed E-state index contributed by atoms with van der Waals surface area (Å²) in [6.07, 6.45) is 1.61. The molecule has 0 saturated carbocycles. The zero-order valence-electron chi connectivity index (χ0n) is 15.3. The molecule has 8 heteroatoms. The number of aromatic nitrogens is 1. The fraction of sp³-hybridized carbons (Fsp3) is 0.316. The van der Waals surface area contributed by atoms with Crippen LogP contribution in [0.4, 0.5) is 11.4 Å². The highest BCUT2D eigenvalue weighted by Gasteiger charge is 2.26. The van der Waals surface area contributed by atoms with Crippen LogP contribution in [0.3, 0.4) is 0 Å². The van der Waals surface area contributed by atoms with Crippen molar-refractivity contribution in [2.24, 2.45) is 0 Å². The number of methoxy groups -OCH3 is 2. The number of benzene rings is 1. The van der Waals surface area contributed by atoms with Gasteiger partial charge in [-0.1, -0.05) is 6.07 Å². The van der Waals surface area contributed by atoms with Crippen LogP contribution in [0.15, 0.2) is 42.6 Å². The highest BCUT2D eigenvalue weighted by molar-refractivity contribution is 5.97. The Hall–Kier alpha value is -3.13. The van der Waals surface area contributed by atoms with E-state index in [4.69, 9.17) is 9.47 Å². The van der Waals surface area contributed by atoms with Gasteiger partial charge < -0.3 is 19.7 Å². The van der Waals surface area contributed by atoms with Crippen LogP contribution in [-0.4, -0.2) is 62.1 Å². The van der Waals surface area contributed by atoms with Gasteiger partial charge in [-0.05, 0) is 18.2 Å². The lowest BCUT2D eigenvalue weighted by molar-refractivity contribution is -0.123. The fourth-order valence-electron chi connectivity index (χ4n) is 2.91. The van der Waals surface area contributed by atoms with Gasteiger partial charge in [-0.3, -0.25) is 14.5 Å². The molecule has 2 amide bonds. The number of nitrogens with zero attached hydrogens (tertiary/aromatic N) is 3. The Balaban J connectivity index is 1.56. The van der Waals surface area contributed by atoms with Gasteiger partial charge in [0.2, 0.25) is 17.7 Å². The lowest BCUT2D eigenvalue weighted by atomic mass is 10.2. The average Bonchev–Trinajstić information content (AvgIpc) is 2.68. The van der Waals surface area contributed by atoms with E-state index in [0.29, 0.717) is 30.4 Å². The SMILES string of the molecule is COc1cccc(NC(=O)CN2CCN(c3ccnc(OC)c3)C(=O)C2)c1. The number of ether oxygens (including phenoxy) is 2. The van der Waals surface area contributed by atoms with E-state index in [2.05, 4.69) is 10.3 Å². The summed E-state index contributed by atoms with van der Waals surface area (Å²) < 4.78 is 10.3. The molecular formula is C19H22N4O4. The van der Waals surface area contributed by atoms with Crippen molar-refractivity contribution in [1.82, 2.24) is 9.88 Å². The summed E-state index contributed by atoms with van der Waals surface area (Å²) >= 11 is 0. The van der Waals surface area contributed by atoms with Crippen molar-refractivity contribution < 1.29 is 19.1 Å². The van der Waals surface area contributed by atoms with Gasteiger partial charge in [-0.2, -0.15) is 0 Å². The highest BCUT2D eigenvalue weighted by Crippen LogP contribution is 2.21. The molecule has 2 heterocycles. The Kier molecular flexibility index (Phi) is 5.87. The molecule has 0 bridgehead atoms. The molecular weight excluding hydrogens is 348 g/mol. The fourth-order valence-corrected chi connectivity index (χ4v) is 2.91. The van der Waals surface area contributed by atoms with Gasteiger partial charge >= 0.3 is 0 Å². The molecule has 3 rings (SSSR count). The van der Waals surface area contributed by atoms with Crippen LogP contribution in [0.25, 0.3) is 0 Å². The normalized spacial score (nSPS) is 14.7. The number of amides is 2. The molecule has 1 fully saturated rings. The molecule has 8 nitrogen and oxygen atoms in total. The minimum absolute atomic E-state index is 0.0660. The molecule has 0 unspecified atom stereocenters. The van der Waals surface area contributed by atoms with Crippen LogP contribution in [0.1, 0.15) is 0 Å². The Morgan fingerprint density at radius 2 is 2.04 bits per heavy atom. The molecule has 0 radical (unpaired) electrons. The van der Waals surface area contributed by atoms with Gasteiger partial charge in [-0.25, -0.2) is 4.98 Å². The molecule has 0 spiro atoms. The predicted octanol–water partition coefficient (Wildman–Crippen LogP) is 1.39. The number of hydrogen-bond acceptors (Lipinski definition) is 6. The van der Waals surface area contributed by atoms with Crippen LogP contribution < -0.4 is 19.7 Å². The van der Waals surface area contributed by atoms with Crippen molar-refractivity contribution in [3.8, 4) is 11.6 Å². The summed E-state index contributed by atoms with van der Waals surface area (Å²) in [5, 5.41) is 2.83. The molecule has 1 saturated heterocycles. The first-order valence-electron chi connectivity index (χ1n) is 8.55. The molecule has 142 valence electrons. The third-order valence-corrected chi connectivity index (χ3v) is 4.26. The van der Waals surface area contributed by atoms with Gasteiger partial charge in [0.25, 0.3) is 0 Å². The number of nitrogens with one attached hydrogen (secondary N) is 1. The van der Waals surface area contributed by atoms with E-state index in [-0.39, 0.29) is 24.9 Å². The first-order chi connectivity index (χ1) is 13.1. The first-order valence-corrected chi connectivity index (χ1v) is 8.55. The number of anilines is 2. The number of piperazine rings is 1. The van der Waals surface area contributed by atoms with Crippen molar-refractivity contribution >= 4 is 23.2 Å². The van der Waals surface area contributed by atoms with E-state index in [0.717, 1.165) is 5.69 Å². The van der Waals surface area contributed by atoms with Crippen molar-refractivity contribution in [2.75, 3.05) is 50.6 Å². The predicted molar refractivity (Wildman–Crippen MR) is 101 cm³/mol. The number of pyridine rings is 1. The molecule has 1 N–H and O–H groups in total. The van der Waals surface area contributed by atoms with Gasteiger partial charge in [0.15, 0.2) is 0 Å². The Bertz CT molecular complexity index is 825. The van der Waals surface area contributed by atoms with Crippen molar-refractivity contribution in [3.63, 3.8) is 0 Å². The summed E-state index contributed by atoms with van der Waals surface area (Å²) in [4.78, 5) is 32.3. The maximum absolute atomic E-state index is 12.5. The zero-order valence-corrected chi connectivity index (χ0v) is 15.3. The second-order valence-electron chi connectivity index (χ2n) is 6.09. The molecule has 27 heavy (non-hydrogen) atoms. The van der Waals surface area contributed by atoms with E-state index >= 15 is 0 Å². The third kappa shape index (κ3) is 4.73. The molecule has 0 atom stereocenters. The molecule has 1 aromatic heterocycles. The van der Waals surface area contributed by atoms with Gasteiger partial charge in [0.05, 0.1) is 33.0 Å². The Morgan fingerprint density at radius 1 is 1.19 bits per heavy atom. The Morgan fingerprint density at radius 3 is 2.78 bits per heavy atom. The van der Waals surface area contributed by atoms with Crippen LogP contribution in [0.2, 0.25) is 0 Å². The van der Waals surface area contributed by atoms with E-state index in [1.54, 1.807) is 48.5 Å². The molecule has 2 aromatic rings. The van der Waals surface area contributed by atoms with Crippen LogP contribution in [0.5, 0.6) is 11.6 Å². The number of rotatable bonds is 6. The van der Waals surface area contributed by atoms with E-state index < -0.39 is 0 Å². The zero-order chi connectivity index (χ0) is 19.2. The minimum atomic E-state index is -0.171. The molecule has 1 aliphatic rings.